The first-order chi connectivity index (χ1) is 26.2. The maximum atomic E-state index is 12.4. The number of hydrogen-bond acceptors (Lipinski definition) is 8. The second kappa shape index (κ2) is 17.9. The van der Waals surface area contributed by atoms with Crippen molar-refractivity contribution in [3.8, 4) is 11.8 Å². The van der Waals surface area contributed by atoms with Gasteiger partial charge in [-0.25, -0.2) is 9.59 Å². The van der Waals surface area contributed by atoms with Crippen molar-refractivity contribution in [1.82, 2.24) is 25.1 Å². The van der Waals surface area contributed by atoms with Crippen molar-refractivity contribution in [3.63, 3.8) is 0 Å². The van der Waals surface area contributed by atoms with Crippen molar-refractivity contribution in [3.05, 3.63) is 58.1 Å². The van der Waals surface area contributed by atoms with Crippen LogP contribution >= 0.6 is 15.9 Å². The Balaban J connectivity index is 0.000000143. The number of aliphatic hydroxyl groups excluding tert-OH is 1. The van der Waals surface area contributed by atoms with Gasteiger partial charge in [0, 0.05) is 95.9 Å². The lowest BCUT2D eigenvalue weighted by Crippen LogP contribution is -2.40. The molecule has 6 atom stereocenters. The Hall–Kier alpha value is -3.20. The lowest BCUT2D eigenvalue weighted by atomic mass is 9.84. The monoisotopic (exact) mass is 819 g/mol. The minimum Gasteiger partial charge on any atom is -0.444 e. The topological polar surface area (TPSA) is 117 Å². The number of rotatable bonds is 5. The number of pyridine rings is 2. The Morgan fingerprint density at radius 2 is 1.40 bits per heavy atom. The van der Waals surface area contributed by atoms with Crippen molar-refractivity contribution < 1.29 is 24.2 Å². The van der Waals surface area contributed by atoms with Gasteiger partial charge < -0.3 is 29.7 Å². The molecule has 6 unspecified atom stereocenters. The number of ether oxygens (including phenoxy) is 2. The van der Waals surface area contributed by atoms with Gasteiger partial charge in [0.25, 0.3) is 0 Å². The molecular weight excluding hydrogens is 758 g/mol. The SMILES string of the molecule is CC(C)(C)OC(=O)N1C2CCC1C(c1cncc(Br)c1)C2.CC(C)(C)OC(=O)N1C2CCC1CC2.OCCCCC#Cc1cncc(C2CC3CCC2N3)c1. The van der Waals surface area contributed by atoms with Gasteiger partial charge in [0.15, 0.2) is 0 Å². The third-order valence-corrected chi connectivity index (χ3v) is 12.2. The quantitative estimate of drug-likeness (QED) is 0.227. The van der Waals surface area contributed by atoms with Crippen molar-refractivity contribution in [2.24, 2.45) is 0 Å². The summed E-state index contributed by atoms with van der Waals surface area (Å²) in [6.07, 6.45) is 21.7. The molecule has 8 heterocycles. The van der Waals surface area contributed by atoms with E-state index in [9.17, 15) is 9.59 Å². The van der Waals surface area contributed by atoms with E-state index in [4.69, 9.17) is 14.6 Å². The molecule has 2 aromatic rings. The van der Waals surface area contributed by atoms with Gasteiger partial charge in [-0.05, 0) is 158 Å². The lowest BCUT2D eigenvalue weighted by molar-refractivity contribution is 0.0203. The molecule has 2 aromatic heterocycles. The smallest absolute Gasteiger partial charge is 0.410 e. The van der Waals surface area contributed by atoms with Crippen LogP contribution in [0.2, 0.25) is 0 Å². The van der Waals surface area contributed by atoms with Crippen LogP contribution in [-0.4, -0.2) is 91.1 Å². The highest BCUT2D eigenvalue weighted by Crippen LogP contribution is 2.47. The number of halogens is 1. The Bertz CT molecular complexity index is 1680. The Morgan fingerprint density at radius 3 is 1.98 bits per heavy atom. The predicted octanol–water partition coefficient (Wildman–Crippen LogP) is 8.85. The highest BCUT2D eigenvalue weighted by molar-refractivity contribution is 9.10. The number of hydrogen-bond donors (Lipinski definition) is 2. The fourth-order valence-corrected chi connectivity index (χ4v) is 9.90. The third kappa shape index (κ3) is 10.8. The van der Waals surface area contributed by atoms with Crippen LogP contribution in [0.15, 0.2) is 41.4 Å². The second-order valence-corrected chi connectivity index (χ2v) is 19.1. The van der Waals surface area contributed by atoms with Crippen LogP contribution in [0.1, 0.15) is 154 Å². The maximum absolute atomic E-state index is 12.4. The van der Waals surface area contributed by atoms with Crippen LogP contribution in [0.25, 0.3) is 0 Å². The summed E-state index contributed by atoms with van der Waals surface area (Å²) in [7, 11) is 0. The third-order valence-electron chi connectivity index (χ3n) is 11.8. The minimum absolute atomic E-state index is 0.109. The summed E-state index contributed by atoms with van der Waals surface area (Å²) in [5.74, 6) is 7.37. The molecule has 0 saturated carbocycles. The molecule has 6 aliphatic heterocycles. The average molecular weight is 821 g/mol. The molecule has 6 saturated heterocycles. The molecule has 6 bridgehead atoms. The van der Waals surface area contributed by atoms with E-state index >= 15 is 0 Å². The van der Waals surface area contributed by atoms with Gasteiger partial charge in [0.2, 0.25) is 0 Å². The average Bonchev–Trinajstić information content (AvgIpc) is 4.00. The second-order valence-electron chi connectivity index (χ2n) is 18.2. The molecule has 6 aliphatic rings. The maximum Gasteiger partial charge on any atom is 0.410 e. The van der Waals surface area contributed by atoms with E-state index in [1.165, 1.54) is 56.1 Å². The van der Waals surface area contributed by atoms with Crippen molar-refractivity contribution in [2.75, 3.05) is 6.61 Å². The number of unbranched alkanes of at least 4 members (excludes halogenated alkanes) is 2. The number of amides is 2. The fraction of sp³-hybridized carbons (Fsp3) is 0.682. The first-order valence-electron chi connectivity index (χ1n) is 20.6. The van der Waals surface area contributed by atoms with Crippen LogP contribution in [0.5, 0.6) is 0 Å². The van der Waals surface area contributed by atoms with E-state index in [-0.39, 0.29) is 30.4 Å². The largest absolute Gasteiger partial charge is 0.444 e. The van der Waals surface area contributed by atoms with E-state index in [1.807, 2.05) is 69.9 Å². The number of nitrogens with zero attached hydrogens (tertiary/aromatic N) is 4. The van der Waals surface area contributed by atoms with Gasteiger partial charge in [-0.15, -0.1) is 0 Å². The standard InChI is InChI=1S/C17H22N2O.C16H21BrN2O2.C11H19NO2/c20-8-4-2-1-3-5-13-9-14(12-18-11-13)16-10-15-6-7-17(16)19-15;1-16(2,3)21-15(20)19-12-4-5-14(19)13(7-12)10-6-11(17)9-18-8-10;1-11(2,3)14-10(13)12-8-4-5-9(12)7-6-8/h9,11-12,15-17,19-20H,1-2,4,6-8,10H2;6,8-9,12-14H,4-5,7H2,1-3H3;8-9H,4-7H2,1-3H3. The number of fused-ring (bicyclic) bond motifs is 6. The highest BCUT2D eigenvalue weighted by atomic mass is 79.9. The zero-order chi connectivity index (χ0) is 39.3. The number of nitrogens with one attached hydrogen (secondary N) is 1. The van der Waals surface area contributed by atoms with Gasteiger partial charge in [-0.1, -0.05) is 11.8 Å². The number of carbonyl (C=O) groups is 2. The number of carbonyl (C=O) groups excluding carboxylic acids is 2. The number of aromatic nitrogens is 2. The van der Waals surface area contributed by atoms with Crippen LogP contribution in [0.3, 0.4) is 0 Å². The van der Waals surface area contributed by atoms with Gasteiger partial charge in [-0.3, -0.25) is 9.97 Å². The molecule has 0 radical (unpaired) electrons. The normalized spacial score (nSPS) is 28.5. The molecule has 8 rings (SSSR count). The molecule has 11 heteroatoms. The molecule has 0 spiro atoms. The summed E-state index contributed by atoms with van der Waals surface area (Å²) < 4.78 is 12.0. The summed E-state index contributed by atoms with van der Waals surface area (Å²) in [5.41, 5.74) is 2.77. The molecule has 2 N–H and O–H groups in total. The van der Waals surface area contributed by atoms with Crippen LogP contribution in [-0.2, 0) is 9.47 Å². The van der Waals surface area contributed by atoms with Crippen molar-refractivity contribution in [2.45, 2.75) is 184 Å². The first-order valence-corrected chi connectivity index (χ1v) is 21.4. The van der Waals surface area contributed by atoms with Gasteiger partial charge in [0.05, 0.1) is 0 Å². The number of aliphatic hydroxyl groups is 1. The van der Waals surface area contributed by atoms with E-state index in [0.717, 1.165) is 54.6 Å². The Morgan fingerprint density at radius 1 is 0.782 bits per heavy atom. The van der Waals surface area contributed by atoms with Crippen molar-refractivity contribution >= 4 is 28.1 Å². The minimum atomic E-state index is -0.439. The fourth-order valence-electron chi connectivity index (χ4n) is 9.51. The zero-order valence-corrected chi connectivity index (χ0v) is 35.3. The summed E-state index contributed by atoms with van der Waals surface area (Å²) in [4.78, 5) is 36.8. The van der Waals surface area contributed by atoms with Gasteiger partial charge in [0.1, 0.15) is 11.2 Å². The van der Waals surface area contributed by atoms with Gasteiger partial charge >= 0.3 is 12.2 Å². The first kappa shape index (κ1) is 41.4. The molecule has 0 aliphatic carbocycles. The molecule has 2 amide bonds. The zero-order valence-electron chi connectivity index (χ0n) is 33.7. The Labute approximate surface area is 337 Å². The summed E-state index contributed by atoms with van der Waals surface area (Å²) in [5, 5.41) is 12.4. The molecule has 300 valence electrons. The lowest BCUT2D eigenvalue weighted by Gasteiger charge is -2.28. The Kier molecular flexibility index (Phi) is 13.5. The van der Waals surface area contributed by atoms with E-state index in [1.54, 1.807) is 6.20 Å². The molecule has 6 fully saturated rings. The van der Waals surface area contributed by atoms with Crippen LogP contribution in [0, 0.1) is 11.8 Å². The summed E-state index contributed by atoms with van der Waals surface area (Å²) >= 11 is 3.48. The predicted molar refractivity (Wildman–Crippen MR) is 218 cm³/mol. The van der Waals surface area contributed by atoms with Gasteiger partial charge in [-0.2, -0.15) is 0 Å². The van der Waals surface area contributed by atoms with E-state index in [0.29, 0.717) is 36.0 Å². The summed E-state index contributed by atoms with van der Waals surface area (Å²) in [6, 6.07) is 7.19. The van der Waals surface area contributed by atoms with Crippen molar-refractivity contribution in [1.29, 1.82) is 0 Å². The van der Waals surface area contributed by atoms with Crippen LogP contribution < -0.4 is 5.32 Å². The highest BCUT2D eigenvalue weighted by Gasteiger charge is 2.50. The molecule has 55 heavy (non-hydrogen) atoms. The summed E-state index contributed by atoms with van der Waals surface area (Å²) in [6.45, 7) is 11.8. The van der Waals surface area contributed by atoms with E-state index in [2.05, 4.69) is 55.2 Å². The molecule has 10 nitrogen and oxygen atoms in total. The molecule has 0 aromatic carbocycles. The molecular formula is C44H62BrN5O5. The van der Waals surface area contributed by atoms with E-state index < -0.39 is 5.60 Å². The van der Waals surface area contributed by atoms with Crippen LogP contribution in [0.4, 0.5) is 9.59 Å².